The topological polar surface area (TPSA) is 48.8 Å². The minimum atomic E-state index is 0.119. The van der Waals surface area contributed by atoms with Crippen LogP contribution in [0.15, 0.2) is 72.9 Å². The molecule has 0 spiro atoms. The van der Waals surface area contributed by atoms with E-state index in [0.29, 0.717) is 13.0 Å². The fourth-order valence-corrected chi connectivity index (χ4v) is 3.86. The molecule has 2 aromatic carbocycles. The summed E-state index contributed by atoms with van der Waals surface area (Å²) >= 11 is 0. The van der Waals surface area contributed by atoms with E-state index < -0.39 is 0 Å². The smallest absolute Gasteiger partial charge is 0.128 e. The highest BCUT2D eigenvalue weighted by atomic mass is 16.5. The van der Waals surface area contributed by atoms with E-state index in [4.69, 9.17) is 4.74 Å². The molecule has 1 aliphatic rings. The van der Waals surface area contributed by atoms with Gasteiger partial charge in [-0.25, -0.2) is 4.98 Å². The largest absolute Gasteiger partial charge is 0.489 e. The van der Waals surface area contributed by atoms with Crippen molar-refractivity contribution in [1.82, 2.24) is 9.88 Å². The monoisotopic (exact) mass is 403 g/mol. The summed E-state index contributed by atoms with van der Waals surface area (Å²) < 4.78 is 6.05. The van der Waals surface area contributed by atoms with Crippen LogP contribution in [0.4, 0.5) is 5.82 Å². The van der Waals surface area contributed by atoms with Gasteiger partial charge in [-0.3, -0.25) is 4.90 Å². The van der Waals surface area contributed by atoms with E-state index in [1.165, 1.54) is 5.56 Å². The van der Waals surface area contributed by atoms with Crippen LogP contribution in [0.5, 0.6) is 5.75 Å². The number of anilines is 1. The summed E-state index contributed by atoms with van der Waals surface area (Å²) in [6, 6.07) is 22.6. The Balaban J connectivity index is 1.35. The Bertz CT molecular complexity index is 910. The van der Waals surface area contributed by atoms with Crippen molar-refractivity contribution in [2.75, 3.05) is 37.7 Å². The molecule has 2 heterocycles. The summed E-state index contributed by atoms with van der Waals surface area (Å²) in [7, 11) is 0. The van der Waals surface area contributed by atoms with Crippen LogP contribution in [-0.4, -0.2) is 47.8 Å². The van der Waals surface area contributed by atoms with E-state index >= 15 is 0 Å². The summed E-state index contributed by atoms with van der Waals surface area (Å²) in [6.07, 6.45) is 2.46. The first-order valence-electron chi connectivity index (χ1n) is 10.6. The lowest BCUT2D eigenvalue weighted by molar-refractivity contribution is 0.248. The molecule has 5 nitrogen and oxygen atoms in total. The SMILES string of the molecule is OCCc1cc(CN2CCN(c3ccccn3)CC2)ccc1OCc1ccccc1. The molecule has 30 heavy (non-hydrogen) atoms. The van der Waals surface area contributed by atoms with Gasteiger partial charge in [-0.15, -0.1) is 0 Å². The van der Waals surface area contributed by atoms with Crippen LogP contribution < -0.4 is 9.64 Å². The van der Waals surface area contributed by atoms with Gasteiger partial charge in [0.1, 0.15) is 18.2 Å². The zero-order valence-electron chi connectivity index (χ0n) is 17.3. The summed E-state index contributed by atoms with van der Waals surface area (Å²) in [5.41, 5.74) is 3.47. The van der Waals surface area contributed by atoms with Gasteiger partial charge in [0, 0.05) is 45.5 Å². The Hall–Kier alpha value is -2.89. The second-order valence-electron chi connectivity index (χ2n) is 7.64. The Morgan fingerprint density at radius 2 is 1.67 bits per heavy atom. The standard InChI is InChI=1S/C25H29N3O2/c29-17-11-23-18-22(9-10-24(23)30-20-21-6-2-1-3-7-21)19-27-13-15-28(16-14-27)25-8-4-5-12-26-25/h1-10,12,18,29H,11,13-17,19-20H2. The molecule has 1 saturated heterocycles. The van der Waals surface area contributed by atoms with Crippen LogP contribution in [0.2, 0.25) is 0 Å². The molecule has 0 saturated carbocycles. The molecule has 4 rings (SSSR count). The van der Waals surface area contributed by atoms with Gasteiger partial charge in [0.15, 0.2) is 0 Å². The van der Waals surface area contributed by atoms with E-state index in [0.717, 1.165) is 55.4 Å². The first kappa shape index (κ1) is 20.4. The molecular weight excluding hydrogens is 374 g/mol. The van der Waals surface area contributed by atoms with Crippen LogP contribution in [0.25, 0.3) is 0 Å². The molecule has 3 aromatic rings. The molecule has 0 unspecified atom stereocenters. The fraction of sp³-hybridized carbons (Fsp3) is 0.320. The second kappa shape index (κ2) is 10.2. The maximum absolute atomic E-state index is 9.50. The number of piperazine rings is 1. The molecule has 0 atom stereocenters. The third kappa shape index (κ3) is 5.38. The average molecular weight is 404 g/mol. The summed E-state index contributed by atoms with van der Waals surface area (Å²) in [5, 5.41) is 9.50. The van der Waals surface area contributed by atoms with Crippen molar-refractivity contribution in [1.29, 1.82) is 0 Å². The number of aromatic nitrogens is 1. The van der Waals surface area contributed by atoms with Crippen molar-refractivity contribution < 1.29 is 9.84 Å². The van der Waals surface area contributed by atoms with E-state index in [1.807, 2.05) is 42.6 Å². The Labute approximate surface area is 178 Å². The van der Waals surface area contributed by atoms with Crippen LogP contribution in [0, 0.1) is 0 Å². The maximum Gasteiger partial charge on any atom is 0.128 e. The minimum Gasteiger partial charge on any atom is -0.489 e. The van der Waals surface area contributed by atoms with Crippen molar-refractivity contribution in [2.45, 2.75) is 19.6 Å². The molecule has 156 valence electrons. The Morgan fingerprint density at radius 3 is 2.40 bits per heavy atom. The van der Waals surface area contributed by atoms with Crippen LogP contribution in [-0.2, 0) is 19.6 Å². The second-order valence-corrected chi connectivity index (χ2v) is 7.64. The van der Waals surface area contributed by atoms with E-state index in [2.05, 4.69) is 45.1 Å². The average Bonchev–Trinajstić information content (AvgIpc) is 2.81. The molecule has 0 bridgehead atoms. The molecule has 1 fully saturated rings. The Morgan fingerprint density at radius 1 is 0.867 bits per heavy atom. The summed E-state index contributed by atoms with van der Waals surface area (Å²) in [4.78, 5) is 9.28. The van der Waals surface area contributed by atoms with Crippen LogP contribution in [0.1, 0.15) is 16.7 Å². The lowest BCUT2D eigenvalue weighted by Crippen LogP contribution is -2.46. The number of hydrogen-bond donors (Lipinski definition) is 1. The number of rotatable bonds is 8. The van der Waals surface area contributed by atoms with Gasteiger partial charge in [0.05, 0.1) is 0 Å². The summed E-state index contributed by atoms with van der Waals surface area (Å²) in [6.45, 7) is 5.56. The van der Waals surface area contributed by atoms with Crippen molar-refractivity contribution in [3.8, 4) is 5.75 Å². The molecule has 0 amide bonds. The number of hydrogen-bond acceptors (Lipinski definition) is 5. The van der Waals surface area contributed by atoms with Crippen LogP contribution in [0.3, 0.4) is 0 Å². The molecule has 1 N–H and O–H groups in total. The maximum atomic E-state index is 9.50. The highest BCUT2D eigenvalue weighted by molar-refractivity contribution is 5.39. The van der Waals surface area contributed by atoms with Crippen molar-refractivity contribution >= 4 is 5.82 Å². The van der Waals surface area contributed by atoms with E-state index in [1.54, 1.807) is 0 Å². The third-order valence-electron chi connectivity index (χ3n) is 5.49. The lowest BCUT2D eigenvalue weighted by Gasteiger charge is -2.35. The molecule has 0 radical (unpaired) electrons. The zero-order valence-corrected chi connectivity index (χ0v) is 17.3. The molecule has 1 aromatic heterocycles. The van der Waals surface area contributed by atoms with Gasteiger partial charge in [0.2, 0.25) is 0 Å². The number of aliphatic hydroxyl groups is 1. The Kier molecular flexibility index (Phi) is 6.95. The molecule has 5 heteroatoms. The lowest BCUT2D eigenvalue weighted by atomic mass is 10.1. The van der Waals surface area contributed by atoms with Gasteiger partial charge in [-0.05, 0) is 41.3 Å². The number of pyridine rings is 1. The zero-order chi connectivity index (χ0) is 20.6. The van der Waals surface area contributed by atoms with Gasteiger partial charge in [0.25, 0.3) is 0 Å². The normalized spacial score (nSPS) is 14.6. The number of nitrogens with zero attached hydrogens (tertiary/aromatic N) is 3. The van der Waals surface area contributed by atoms with E-state index in [9.17, 15) is 5.11 Å². The highest BCUT2D eigenvalue weighted by Gasteiger charge is 2.18. The van der Waals surface area contributed by atoms with E-state index in [-0.39, 0.29) is 6.61 Å². The van der Waals surface area contributed by atoms with Gasteiger partial charge in [-0.1, -0.05) is 48.5 Å². The minimum absolute atomic E-state index is 0.119. The number of ether oxygens (including phenoxy) is 1. The van der Waals surface area contributed by atoms with Crippen molar-refractivity contribution in [3.05, 3.63) is 89.6 Å². The first-order valence-corrected chi connectivity index (χ1v) is 10.6. The highest BCUT2D eigenvalue weighted by Crippen LogP contribution is 2.23. The molecule has 1 aliphatic heterocycles. The predicted molar refractivity (Wildman–Crippen MR) is 120 cm³/mol. The third-order valence-corrected chi connectivity index (χ3v) is 5.49. The van der Waals surface area contributed by atoms with Crippen molar-refractivity contribution in [3.63, 3.8) is 0 Å². The quantitative estimate of drug-likeness (QED) is 0.624. The van der Waals surface area contributed by atoms with Gasteiger partial charge >= 0.3 is 0 Å². The van der Waals surface area contributed by atoms with Crippen LogP contribution >= 0.6 is 0 Å². The molecule has 0 aliphatic carbocycles. The van der Waals surface area contributed by atoms with Gasteiger partial charge < -0.3 is 14.7 Å². The number of aliphatic hydroxyl groups excluding tert-OH is 1. The molecular formula is C25H29N3O2. The van der Waals surface area contributed by atoms with Gasteiger partial charge in [-0.2, -0.15) is 0 Å². The van der Waals surface area contributed by atoms with Crippen molar-refractivity contribution in [2.24, 2.45) is 0 Å². The predicted octanol–water partition coefficient (Wildman–Crippen LogP) is 3.52. The first-order chi connectivity index (χ1) is 14.8. The summed E-state index contributed by atoms with van der Waals surface area (Å²) in [5.74, 6) is 1.92. The fourth-order valence-electron chi connectivity index (χ4n) is 3.86. The number of benzene rings is 2.